The van der Waals surface area contributed by atoms with Crippen LogP contribution in [0.3, 0.4) is 0 Å². The number of hydrogen-bond donors (Lipinski definition) is 1. The van der Waals surface area contributed by atoms with Crippen molar-refractivity contribution in [1.82, 2.24) is 0 Å². The van der Waals surface area contributed by atoms with Crippen molar-refractivity contribution in [3.8, 4) is 5.75 Å². The molecule has 1 aromatic carbocycles. The maximum Gasteiger partial charge on any atom is 0.232 e. The Morgan fingerprint density at radius 3 is 2.33 bits per heavy atom. The third-order valence-electron chi connectivity index (χ3n) is 3.83. The van der Waals surface area contributed by atoms with E-state index in [4.69, 9.17) is 9.47 Å². The maximum atomic E-state index is 12.6. The van der Waals surface area contributed by atoms with Crippen LogP contribution in [-0.4, -0.2) is 30.9 Å². The van der Waals surface area contributed by atoms with E-state index in [1.807, 2.05) is 0 Å². The molecule has 2 aliphatic rings. The molecule has 0 spiro atoms. The second-order valence-electron chi connectivity index (χ2n) is 4.92. The minimum absolute atomic E-state index is 0.0384. The van der Waals surface area contributed by atoms with Gasteiger partial charge in [-0.1, -0.05) is 6.07 Å². The summed E-state index contributed by atoms with van der Waals surface area (Å²) >= 11 is 0. The van der Waals surface area contributed by atoms with Crippen molar-refractivity contribution in [2.45, 2.75) is 12.8 Å². The number of methoxy groups -OCH3 is 2. The minimum atomic E-state index is -0.351. The summed E-state index contributed by atoms with van der Waals surface area (Å²) in [5.74, 6) is -0.614. The Kier molecular flexibility index (Phi) is 3.05. The Morgan fingerprint density at radius 1 is 1.00 bits per heavy atom. The Morgan fingerprint density at radius 2 is 1.67 bits per heavy atom. The van der Waals surface area contributed by atoms with E-state index >= 15 is 0 Å². The highest BCUT2D eigenvalue weighted by molar-refractivity contribution is 6.38. The van der Waals surface area contributed by atoms with Gasteiger partial charge in [-0.05, 0) is 36.1 Å². The lowest BCUT2D eigenvalue weighted by Gasteiger charge is -2.27. The summed E-state index contributed by atoms with van der Waals surface area (Å²) in [6.45, 7) is 0. The van der Waals surface area contributed by atoms with E-state index in [-0.39, 0.29) is 28.8 Å². The fraction of sp³-hybridized carbons (Fsp3) is 0.250. The lowest BCUT2D eigenvalue weighted by atomic mass is 9.78. The van der Waals surface area contributed by atoms with Crippen LogP contribution in [0.1, 0.15) is 17.5 Å². The van der Waals surface area contributed by atoms with Gasteiger partial charge in [0.1, 0.15) is 5.75 Å². The Hall–Kier alpha value is -2.56. The molecule has 0 bridgehead atoms. The molecule has 0 saturated heterocycles. The van der Waals surface area contributed by atoms with Crippen molar-refractivity contribution in [2.24, 2.45) is 0 Å². The first-order valence-electron chi connectivity index (χ1n) is 6.55. The number of Topliss-reactive ketones (excluding diaryl/α,β-unsaturated/α-hetero) is 2. The summed E-state index contributed by atoms with van der Waals surface area (Å²) < 4.78 is 10.1. The summed E-state index contributed by atoms with van der Waals surface area (Å²) in [7, 11) is 2.69. The number of rotatable bonds is 2. The summed E-state index contributed by atoms with van der Waals surface area (Å²) in [6.07, 6.45) is 1.04. The van der Waals surface area contributed by atoms with Gasteiger partial charge < -0.3 is 14.6 Å². The Balaban J connectivity index is 2.21. The molecule has 0 atom stereocenters. The van der Waals surface area contributed by atoms with Crippen LogP contribution in [0.5, 0.6) is 5.75 Å². The highest BCUT2D eigenvalue weighted by Gasteiger charge is 2.39. The van der Waals surface area contributed by atoms with Gasteiger partial charge in [-0.3, -0.25) is 9.59 Å². The van der Waals surface area contributed by atoms with Gasteiger partial charge >= 0.3 is 0 Å². The average molecular weight is 286 g/mol. The van der Waals surface area contributed by atoms with Crippen LogP contribution in [0, 0.1) is 0 Å². The lowest BCUT2D eigenvalue weighted by molar-refractivity contribution is -0.119. The number of ketones is 2. The van der Waals surface area contributed by atoms with E-state index in [0.29, 0.717) is 29.6 Å². The van der Waals surface area contributed by atoms with Crippen molar-refractivity contribution >= 4 is 17.1 Å². The van der Waals surface area contributed by atoms with Crippen molar-refractivity contribution in [3.63, 3.8) is 0 Å². The molecule has 0 aromatic heterocycles. The second-order valence-corrected chi connectivity index (χ2v) is 4.92. The molecular weight excluding hydrogens is 272 g/mol. The van der Waals surface area contributed by atoms with E-state index in [1.165, 1.54) is 20.3 Å². The number of carbonyl (C=O) groups excluding carboxylic acids is 2. The monoisotopic (exact) mass is 286 g/mol. The summed E-state index contributed by atoms with van der Waals surface area (Å²) in [5, 5.41) is 9.56. The number of aromatic hydroxyl groups is 1. The smallest absolute Gasteiger partial charge is 0.232 e. The zero-order chi connectivity index (χ0) is 15.1. The molecule has 21 heavy (non-hydrogen) atoms. The van der Waals surface area contributed by atoms with Crippen LogP contribution in [0.4, 0.5) is 0 Å². The van der Waals surface area contributed by atoms with Gasteiger partial charge in [-0.15, -0.1) is 0 Å². The fourth-order valence-corrected chi connectivity index (χ4v) is 2.89. The van der Waals surface area contributed by atoms with E-state index in [0.717, 1.165) is 5.56 Å². The molecule has 0 radical (unpaired) electrons. The van der Waals surface area contributed by atoms with Gasteiger partial charge in [0.05, 0.1) is 14.2 Å². The normalized spacial score (nSPS) is 17.6. The molecule has 0 unspecified atom stereocenters. The van der Waals surface area contributed by atoms with Crippen molar-refractivity contribution in [3.05, 3.63) is 46.4 Å². The molecule has 0 aliphatic heterocycles. The first kappa shape index (κ1) is 13.4. The summed E-state index contributed by atoms with van der Waals surface area (Å²) in [6, 6.07) is 4.79. The Bertz CT molecular complexity index is 724. The van der Waals surface area contributed by atoms with Gasteiger partial charge in [0, 0.05) is 11.1 Å². The molecule has 0 amide bonds. The summed E-state index contributed by atoms with van der Waals surface area (Å²) in [5.41, 5.74) is 2.35. The number of benzene rings is 1. The standard InChI is InChI=1S/C16H14O5/c1-20-15-13(18)11-5-3-8-7-9(17)4-6-10(8)12(11)14(19)16(15)21-2/h4,6-7,17H,3,5H2,1-2H3. The second kappa shape index (κ2) is 4.77. The molecule has 0 heterocycles. The van der Waals surface area contributed by atoms with Gasteiger partial charge in [-0.25, -0.2) is 0 Å². The fourth-order valence-electron chi connectivity index (χ4n) is 2.89. The number of allylic oxidation sites excluding steroid dienone is 2. The number of aryl methyl sites for hydroxylation is 1. The zero-order valence-corrected chi connectivity index (χ0v) is 11.7. The van der Waals surface area contributed by atoms with E-state index < -0.39 is 0 Å². The van der Waals surface area contributed by atoms with E-state index in [2.05, 4.69) is 0 Å². The van der Waals surface area contributed by atoms with Gasteiger partial charge in [0.15, 0.2) is 0 Å². The van der Waals surface area contributed by atoms with Crippen molar-refractivity contribution in [2.75, 3.05) is 14.2 Å². The van der Waals surface area contributed by atoms with Crippen molar-refractivity contribution < 1.29 is 24.2 Å². The molecule has 0 fully saturated rings. The number of ether oxygens (including phenoxy) is 2. The number of phenols is 1. The topological polar surface area (TPSA) is 72.8 Å². The van der Waals surface area contributed by atoms with Crippen LogP contribution in [0.25, 0.3) is 5.57 Å². The molecule has 108 valence electrons. The lowest BCUT2D eigenvalue weighted by Crippen LogP contribution is -2.27. The molecule has 5 heteroatoms. The molecule has 1 N–H and O–H groups in total. The molecule has 1 aromatic rings. The first-order valence-corrected chi connectivity index (χ1v) is 6.55. The molecule has 5 nitrogen and oxygen atoms in total. The largest absolute Gasteiger partial charge is 0.508 e. The minimum Gasteiger partial charge on any atom is -0.508 e. The third kappa shape index (κ3) is 1.85. The maximum absolute atomic E-state index is 12.6. The van der Waals surface area contributed by atoms with Gasteiger partial charge in [0.2, 0.25) is 23.1 Å². The highest BCUT2D eigenvalue weighted by Crippen LogP contribution is 2.40. The van der Waals surface area contributed by atoms with Crippen molar-refractivity contribution in [1.29, 1.82) is 0 Å². The van der Waals surface area contributed by atoms with Crippen LogP contribution in [-0.2, 0) is 25.5 Å². The van der Waals surface area contributed by atoms with Gasteiger partial charge in [-0.2, -0.15) is 0 Å². The SMILES string of the molecule is COC1=C(OC)C(=O)C2=C(CCc3cc(O)ccc32)C1=O. The molecular formula is C16H14O5. The number of hydrogen-bond acceptors (Lipinski definition) is 5. The predicted octanol–water partition coefficient (Wildman–Crippen LogP) is 1.75. The van der Waals surface area contributed by atoms with Crippen LogP contribution in [0.2, 0.25) is 0 Å². The number of phenolic OH excluding ortho intramolecular Hbond substituents is 1. The molecule has 0 saturated carbocycles. The van der Waals surface area contributed by atoms with Crippen LogP contribution < -0.4 is 0 Å². The quantitative estimate of drug-likeness (QED) is 0.838. The predicted molar refractivity (Wildman–Crippen MR) is 74.4 cm³/mol. The third-order valence-corrected chi connectivity index (χ3v) is 3.83. The zero-order valence-electron chi connectivity index (χ0n) is 11.7. The van der Waals surface area contributed by atoms with Crippen LogP contribution in [0.15, 0.2) is 35.3 Å². The average Bonchev–Trinajstić information content (AvgIpc) is 2.49. The van der Waals surface area contributed by atoms with E-state index in [9.17, 15) is 14.7 Å². The number of fused-ring (bicyclic) bond motifs is 2. The molecule has 2 aliphatic carbocycles. The summed E-state index contributed by atoms with van der Waals surface area (Å²) in [4.78, 5) is 25.1. The highest BCUT2D eigenvalue weighted by atomic mass is 16.5. The first-order chi connectivity index (χ1) is 10.1. The van der Waals surface area contributed by atoms with Gasteiger partial charge in [0.25, 0.3) is 0 Å². The Labute approximate surface area is 121 Å². The van der Waals surface area contributed by atoms with E-state index in [1.54, 1.807) is 12.1 Å². The molecule has 3 rings (SSSR count). The van der Waals surface area contributed by atoms with Crippen LogP contribution >= 0.6 is 0 Å². The number of carbonyl (C=O) groups is 2.